The van der Waals surface area contributed by atoms with Crippen LogP contribution in [0.15, 0.2) is 18.2 Å². The molecule has 0 spiro atoms. The average Bonchev–Trinajstić information content (AvgIpc) is 2.76. The van der Waals surface area contributed by atoms with E-state index in [1.807, 2.05) is 6.07 Å². The largest absolute Gasteiger partial charge is 0.481 e. The summed E-state index contributed by atoms with van der Waals surface area (Å²) in [6, 6.07) is 6.16. The van der Waals surface area contributed by atoms with Crippen LogP contribution in [0.2, 0.25) is 0 Å². The normalized spacial score (nSPS) is 11.1. The maximum Gasteiger partial charge on any atom is 0.308 e. The molecule has 106 valence electrons. The van der Waals surface area contributed by atoms with Crippen LogP contribution >= 0.6 is 11.3 Å². The number of rotatable bonds is 4. The molecular formula is C16H19NO2S. The Morgan fingerprint density at radius 3 is 2.55 bits per heavy atom. The van der Waals surface area contributed by atoms with Crippen LogP contribution in [0.4, 0.5) is 0 Å². The Morgan fingerprint density at radius 2 is 2.00 bits per heavy atom. The first kappa shape index (κ1) is 14.7. The number of aryl methyl sites for hydroxylation is 2. The summed E-state index contributed by atoms with van der Waals surface area (Å²) in [5.41, 5.74) is 4.26. The lowest BCUT2D eigenvalue weighted by Gasteiger charge is -2.04. The molecule has 2 rings (SSSR count). The van der Waals surface area contributed by atoms with E-state index in [1.54, 1.807) is 0 Å². The molecular weight excluding hydrogens is 270 g/mol. The van der Waals surface area contributed by atoms with Crippen LogP contribution in [0, 0.1) is 13.8 Å². The molecule has 2 aromatic rings. The highest BCUT2D eigenvalue weighted by molar-refractivity contribution is 7.12. The Hall–Kier alpha value is -1.68. The minimum Gasteiger partial charge on any atom is -0.481 e. The zero-order valence-corrected chi connectivity index (χ0v) is 13.0. The Bertz CT molecular complexity index is 644. The monoisotopic (exact) mass is 289 g/mol. The van der Waals surface area contributed by atoms with Crippen LogP contribution in [0.25, 0.3) is 11.3 Å². The summed E-state index contributed by atoms with van der Waals surface area (Å²) >= 11 is 1.51. The standard InChI is InChI=1S/C16H19NO2S/c1-9(2)16-17-15(13(20-16)8-14(18)19)12-6-5-10(3)11(4)7-12/h5-7,9H,8H2,1-4H3,(H,18,19). The van der Waals surface area contributed by atoms with E-state index in [9.17, 15) is 4.79 Å². The SMILES string of the molecule is Cc1ccc(-c2nc(C(C)C)sc2CC(=O)O)cc1C. The van der Waals surface area contributed by atoms with Gasteiger partial charge in [-0.2, -0.15) is 0 Å². The summed E-state index contributed by atoms with van der Waals surface area (Å²) in [4.78, 5) is 16.5. The van der Waals surface area contributed by atoms with E-state index in [0.717, 1.165) is 21.1 Å². The maximum absolute atomic E-state index is 11.0. The molecule has 20 heavy (non-hydrogen) atoms. The van der Waals surface area contributed by atoms with Crippen molar-refractivity contribution in [1.29, 1.82) is 0 Å². The molecule has 0 unspecified atom stereocenters. The van der Waals surface area contributed by atoms with Crippen LogP contribution in [-0.2, 0) is 11.2 Å². The van der Waals surface area contributed by atoms with Gasteiger partial charge >= 0.3 is 5.97 Å². The molecule has 4 heteroatoms. The summed E-state index contributed by atoms with van der Waals surface area (Å²) in [6.07, 6.45) is 0.0344. The number of thiazole rings is 1. The van der Waals surface area contributed by atoms with Gasteiger partial charge in [-0.15, -0.1) is 11.3 Å². The fourth-order valence-corrected chi connectivity index (χ4v) is 3.07. The van der Waals surface area contributed by atoms with E-state index in [1.165, 1.54) is 22.5 Å². The molecule has 0 radical (unpaired) electrons. The zero-order valence-electron chi connectivity index (χ0n) is 12.2. The molecule has 0 amide bonds. The fourth-order valence-electron chi connectivity index (χ4n) is 1.99. The van der Waals surface area contributed by atoms with Crippen molar-refractivity contribution >= 4 is 17.3 Å². The number of carbonyl (C=O) groups is 1. The van der Waals surface area contributed by atoms with E-state index in [4.69, 9.17) is 5.11 Å². The first-order chi connectivity index (χ1) is 9.38. The van der Waals surface area contributed by atoms with Gasteiger partial charge in [0.05, 0.1) is 17.1 Å². The van der Waals surface area contributed by atoms with E-state index < -0.39 is 5.97 Å². The number of carboxylic acid groups (broad SMARTS) is 1. The van der Waals surface area contributed by atoms with E-state index >= 15 is 0 Å². The first-order valence-electron chi connectivity index (χ1n) is 6.67. The van der Waals surface area contributed by atoms with Gasteiger partial charge in [0, 0.05) is 16.4 Å². The third kappa shape index (κ3) is 3.07. The van der Waals surface area contributed by atoms with Crippen molar-refractivity contribution in [3.63, 3.8) is 0 Å². The van der Waals surface area contributed by atoms with Crippen molar-refractivity contribution in [2.75, 3.05) is 0 Å². The van der Waals surface area contributed by atoms with Crippen LogP contribution < -0.4 is 0 Å². The predicted octanol–water partition coefficient (Wildman–Crippen LogP) is 4.18. The molecule has 3 nitrogen and oxygen atoms in total. The minimum absolute atomic E-state index is 0.0344. The number of nitrogens with zero attached hydrogens (tertiary/aromatic N) is 1. The predicted molar refractivity (Wildman–Crippen MR) is 82.5 cm³/mol. The summed E-state index contributed by atoms with van der Waals surface area (Å²) in [5, 5.41) is 10.1. The molecule has 1 N–H and O–H groups in total. The van der Waals surface area contributed by atoms with Crippen molar-refractivity contribution in [1.82, 2.24) is 4.98 Å². The van der Waals surface area contributed by atoms with E-state index in [-0.39, 0.29) is 6.42 Å². The first-order valence-corrected chi connectivity index (χ1v) is 7.49. The Balaban J connectivity index is 2.52. The highest BCUT2D eigenvalue weighted by atomic mass is 32.1. The molecule has 0 aliphatic heterocycles. The van der Waals surface area contributed by atoms with Gasteiger partial charge in [-0.25, -0.2) is 4.98 Å². The van der Waals surface area contributed by atoms with Crippen molar-refractivity contribution in [3.05, 3.63) is 39.2 Å². The second kappa shape index (κ2) is 5.75. The van der Waals surface area contributed by atoms with Crippen LogP contribution in [0.5, 0.6) is 0 Å². The van der Waals surface area contributed by atoms with Crippen LogP contribution in [-0.4, -0.2) is 16.1 Å². The summed E-state index contributed by atoms with van der Waals surface area (Å²) in [7, 11) is 0. The number of aliphatic carboxylic acids is 1. The second-order valence-electron chi connectivity index (χ2n) is 5.35. The van der Waals surface area contributed by atoms with Crippen LogP contribution in [0.1, 0.15) is 40.8 Å². The molecule has 0 bridgehead atoms. The quantitative estimate of drug-likeness (QED) is 0.918. The van der Waals surface area contributed by atoms with Gasteiger partial charge < -0.3 is 5.11 Å². The van der Waals surface area contributed by atoms with Gasteiger partial charge in [-0.3, -0.25) is 4.79 Å². The maximum atomic E-state index is 11.0. The molecule has 0 saturated heterocycles. The van der Waals surface area contributed by atoms with Crippen molar-refractivity contribution < 1.29 is 9.90 Å². The third-order valence-corrected chi connectivity index (χ3v) is 4.66. The molecule has 0 atom stereocenters. The molecule has 1 aromatic carbocycles. The lowest BCUT2D eigenvalue weighted by molar-refractivity contribution is -0.136. The van der Waals surface area contributed by atoms with Crippen molar-refractivity contribution in [2.45, 2.75) is 40.0 Å². The highest BCUT2D eigenvalue weighted by Gasteiger charge is 2.17. The number of hydrogen-bond acceptors (Lipinski definition) is 3. The Morgan fingerprint density at radius 1 is 1.30 bits per heavy atom. The van der Waals surface area contributed by atoms with Gasteiger partial charge in [-0.1, -0.05) is 26.0 Å². The fraction of sp³-hybridized carbons (Fsp3) is 0.375. The molecule has 1 heterocycles. The number of aromatic nitrogens is 1. The van der Waals surface area contributed by atoms with Crippen molar-refractivity contribution in [3.8, 4) is 11.3 Å². The minimum atomic E-state index is -0.811. The van der Waals surface area contributed by atoms with E-state index in [2.05, 4.69) is 44.8 Å². The van der Waals surface area contributed by atoms with Gasteiger partial charge in [0.2, 0.25) is 0 Å². The number of carboxylic acids is 1. The molecule has 0 fully saturated rings. The highest BCUT2D eigenvalue weighted by Crippen LogP contribution is 2.33. The van der Waals surface area contributed by atoms with Gasteiger partial charge in [0.25, 0.3) is 0 Å². The molecule has 0 saturated carbocycles. The van der Waals surface area contributed by atoms with Crippen LogP contribution in [0.3, 0.4) is 0 Å². The second-order valence-corrected chi connectivity index (χ2v) is 6.46. The van der Waals surface area contributed by atoms with E-state index in [0.29, 0.717) is 5.92 Å². The topological polar surface area (TPSA) is 50.2 Å². The van der Waals surface area contributed by atoms with Gasteiger partial charge in [-0.05, 0) is 31.0 Å². The smallest absolute Gasteiger partial charge is 0.308 e. The Labute approximate surface area is 123 Å². The number of hydrogen-bond donors (Lipinski definition) is 1. The van der Waals surface area contributed by atoms with Gasteiger partial charge in [0.1, 0.15) is 0 Å². The molecule has 0 aliphatic rings. The van der Waals surface area contributed by atoms with Gasteiger partial charge in [0.15, 0.2) is 0 Å². The molecule has 0 aliphatic carbocycles. The average molecular weight is 289 g/mol. The lowest BCUT2D eigenvalue weighted by atomic mass is 10.0. The summed E-state index contributed by atoms with van der Waals surface area (Å²) < 4.78 is 0. The summed E-state index contributed by atoms with van der Waals surface area (Å²) in [6.45, 7) is 8.28. The third-order valence-electron chi connectivity index (χ3n) is 3.30. The molecule has 1 aromatic heterocycles. The zero-order chi connectivity index (χ0) is 14.9. The summed E-state index contributed by atoms with van der Waals surface area (Å²) in [5.74, 6) is -0.498. The van der Waals surface area contributed by atoms with Crippen molar-refractivity contribution in [2.24, 2.45) is 0 Å². The lowest BCUT2D eigenvalue weighted by Crippen LogP contribution is -1.99. The number of benzene rings is 1. The Kier molecular flexibility index (Phi) is 4.23.